The van der Waals surface area contributed by atoms with Gasteiger partial charge in [-0.1, -0.05) is 36.4 Å². The Bertz CT molecular complexity index is 2050. The van der Waals surface area contributed by atoms with Crippen molar-refractivity contribution in [2.24, 2.45) is 5.73 Å². The standard InChI is InChI=1S/C34H31N7O2/c1-20-22(7-5-9-27(20)39-33-25-6-3-4-8-28(25)36-19-37-33)23-12-13-26(32(35)42)31-30(23)24-11-10-21(18-29(24)38-31)34(43)41-16-14-40(2)15-17-41/h3-13,18-19,38H,14-17H2,1-2H3,(H2,35,42)(H,36,37,39). The molecular weight excluding hydrogens is 538 g/mol. The van der Waals surface area contributed by atoms with Crippen molar-refractivity contribution in [3.8, 4) is 11.1 Å². The highest BCUT2D eigenvalue weighted by molar-refractivity contribution is 6.20. The van der Waals surface area contributed by atoms with Crippen LogP contribution in [0, 0.1) is 6.92 Å². The van der Waals surface area contributed by atoms with E-state index in [-0.39, 0.29) is 5.91 Å². The van der Waals surface area contributed by atoms with E-state index in [4.69, 9.17) is 5.73 Å². The molecule has 0 saturated carbocycles. The molecule has 2 aromatic heterocycles. The first-order chi connectivity index (χ1) is 20.9. The van der Waals surface area contributed by atoms with Gasteiger partial charge in [0, 0.05) is 59.1 Å². The number of hydrogen-bond donors (Lipinski definition) is 3. The highest BCUT2D eigenvalue weighted by Gasteiger charge is 2.23. The molecule has 1 aliphatic heterocycles. The third kappa shape index (κ3) is 4.64. The van der Waals surface area contributed by atoms with E-state index in [0.717, 1.165) is 68.5 Å². The van der Waals surface area contributed by atoms with Crippen LogP contribution in [0.3, 0.4) is 0 Å². The summed E-state index contributed by atoms with van der Waals surface area (Å²) in [6.45, 7) is 5.17. The monoisotopic (exact) mass is 569 g/mol. The molecule has 214 valence electrons. The molecule has 1 fully saturated rings. The van der Waals surface area contributed by atoms with Crippen molar-refractivity contribution in [3.63, 3.8) is 0 Å². The molecule has 3 heterocycles. The zero-order chi connectivity index (χ0) is 29.7. The molecule has 4 aromatic carbocycles. The molecule has 0 unspecified atom stereocenters. The second-order valence-corrected chi connectivity index (χ2v) is 11.1. The number of rotatable bonds is 5. The van der Waals surface area contributed by atoms with Crippen molar-refractivity contribution in [2.75, 3.05) is 38.5 Å². The van der Waals surface area contributed by atoms with Crippen LogP contribution in [0.15, 0.2) is 79.1 Å². The van der Waals surface area contributed by atoms with E-state index < -0.39 is 5.91 Å². The van der Waals surface area contributed by atoms with Gasteiger partial charge in [0.1, 0.15) is 12.1 Å². The number of amides is 2. The van der Waals surface area contributed by atoms with Crippen molar-refractivity contribution in [3.05, 3.63) is 95.8 Å². The third-order valence-corrected chi connectivity index (χ3v) is 8.48. The van der Waals surface area contributed by atoms with E-state index in [1.807, 2.05) is 65.6 Å². The SMILES string of the molecule is Cc1c(Nc2ncnc3ccccc23)cccc1-c1ccc(C(N)=O)c2[nH]c3cc(C(=O)N4CCN(C)CC4)ccc3c12. The van der Waals surface area contributed by atoms with Crippen LogP contribution in [-0.2, 0) is 0 Å². The van der Waals surface area contributed by atoms with Crippen LogP contribution in [0.2, 0.25) is 0 Å². The normalized spacial score (nSPS) is 14.0. The number of carbonyl (C=O) groups is 2. The molecule has 4 N–H and O–H groups in total. The van der Waals surface area contributed by atoms with E-state index in [1.54, 1.807) is 12.4 Å². The van der Waals surface area contributed by atoms with Gasteiger partial charge in [0.05, 0.1) is 16.6 Å². The summed E-state index contributed by atoms with van der Waals surface area (Å²) in [5.74, 6) is 0.222. The Balaban J connectivity index is 1.34. The van der Waals surface area contributed by atoms with Gasteiger partial charge in [0.2, 0.25) is 0 Å². The molecule has 0 bridgehead atoms. The number of nitrogens with two attached hydrogens (primary N) is 1. The highest BCUT2D eigenvalue weighted by atomic mass is 16.2. The predicted octanol–water partition coefficient (Wildman–Crippen LogP) is 5.47. The number of likely N-dealkylation sites (N-methyl/N-ethyl adjacent to an activating group) is 1. The Labute approximate surface area is 248 Å². The van der Waals surface area contributed by atoms with Crippen LogP contribution >= 0.6 is 0 Å². The zero-order valence-corrected chi connectivity index (χ0v) is 24.0. The number of aromatic nitrogens is 3. The van der Waals surface area contributed by atoms with E-state index in [0.29, 0.717) is 29.7 Å². The van der Waals surface area contributed by atoms with Crippen LogP contribution in [-0.4, -0.2) is 69.8 Å². The molecule has 0 aliphatic carbocycles. The van der Waals surface area contributed by atoms with Crippen LogP contribution < -0.4 is 11.1 Å². The van der Waals surface area contributed by atoms with Crippen molar-refractivity contribution in [1.82, 2.24) is 24.8 Å². The smallest absolute Gasteiger partial charge is 0.254 e. The van der Waals surface area contributed by atoms with Crippen LogP contribution in [0.4, 0.5) is 11.5 Å². The van der Waals surface area contributed by atoms with E-state index >= 15 is 0 Å². The van der Waals surface area contributed by atoms with Crippen molar-refractivity contribution >= 4 is 56.0 Å². The Morgan fingerprint density at radius 3 is 2.51 bits per heavy atom. The maximum atomic E-state index is 13.3. The molecule has 2 amide bonds. The Kier molecular flexibility index (Phi) is 6.51. The Morgan fingerprint density at radius 2 is 1.70 bits per heavy atom. The lowest BCUT2D eigenvalue weighted by atomic mass is 9.93. The van der Waals surface area contributed by atoms with Gasteiger partial charge in [-0.3, -0.25) is 9.59 Å². The zero-order valence-electron chi connectivity index (χ0n) is 24.0. The van der Waals surface area contributed by atoms with Gasteiger partial charge in [-0.05, 0) is 67.1 Å². The molecule has 6 aromatic rings. The Hall–Kier alpha value is -5.28. The first kappa shape index (κ1) is 26.6. The maximum Gasteiger partial charge on any atom is 0.254 e. The molecule has 1 saturated heterocycles. The van der Waals surface area contributed by atoms with E-state index in [2.05, 4.69) is 45.2 Å². The number of anilines is 2. The summed E-state index contributed by atoms with van der Waals surface area (Å²) < 4.78 is 0. The number of benzene rings is 4. The topological polar surface area (TPSA) is 120 Å². The molecule has 0 radical (unpaired) electrons. The lowest BCUT2D eigenvalue weighted by Crippen LogP contribution is -2.47. The average Bonchev–Trinajstić information content (AvgIpc) is 3.41. The van der Waals surface area contributed by atoms with Gasteiger partial charge >= 0.3 is 0 Å². The lowest BCUT2D eigenvalue weighted by Gasteiger charge is -2.32. The first-order valence-corrected chi connectivity index (χ1v) is 14.3. The number of H-pyrrole nitrogens is 1. The fourth-order valence-corrected chi connectivity index (χ4v) is 6.06. The minimum absolute atomic E-state index is 0.0101. The Morgan fingerprint density at radius 1 is 0.884 bits per heavy atom. The quantitative estimate of drug-likeness (QED) is 0.253. The van der Waals surface area contributed by atoms with Gasteiger partial charge in [-0.25, -0.2) is 9.97 Å². The first-order valence-electron chi connectivity index (χ1n) is 14.3. The fraction of sp³-hybridized carbons (Fsp3) is 0.176. The number of hydrogen-bond acceptors (Lipinski definition) is 6. The summed E-state index contributed by atoms with van der Waals surface area (Å²) in [5, 5.41) is 6.25. The number of primary amides is 1. The van der Waals surface area contributed by atoms with Gasteiger partial charge in [0.15, 0.2) is 0 Å². The summed E-state index contributed by atoms with van der Waals surface area (Å²) in [6.07, 6.45) is 1.56. The van der Waals surface area contributed by atoms with Crippen LogP contribution in [0.25, 0.3) is 43.8 Å². The largest absolute Gasteiger partial charge is 0.366 e. The minimum Gasteiger partial charge on any atom is -0.366 e. The van der Waals surface area contributed by atoms with Gasteiger partial charge in [0.25, 0.3) is 11.8 Å². The van der Waals surface area contributed by atoms with E-state index in [1.165, 1.54) is 0 Å². The summed E-state index contributed by atoms with van der Waals surface area (Å²) >= 11 is 0. The number of fused-ring (bicyclic) bond motifs is 4. The lowest BCUT2D eigenvalue weighted by molar-refractivity contribution is 0.0664. The fourth-order valence-electron chi connectivity index (χ4n) is 6.06. The van der Waals surface area contributed by atoms with Crippen molar-refractivity contribution < 1.29 is 9.59 Å². The summed E-state index contributed by atoms with van der Waals surface area (Å²) in [7, 11) is 2.07. The minimum atomic E-state index is -0.514. The molecule has 1 aliphatic rings. The molecule has 0 spiro atoms. The number of nitrogens with one attached hydrogen (secondary N) is 2. The number of carbonyl (C=O) groups excluding carboxylic acids is 2. The summed E-state index contributed by atoms with van der Waals surface area (Å²) in [4.78, 5) is 42.3. The van der Waals surface area contributed by atoms with Crippen LogP contribution in [0.1, 0.15) is 26.3 Å². The second kappa shape index (κ2) is 10.5. The number of nitrogens with zero attached hydrogens (tertiary/aromatic N) is 4. The van der Waals surface area contributed by atoms with E-state index in [9.17, 15) is 9.59 Å². The number of para-hydroxylation sites is 1. The van der Waals surface area contributed by atoms with Crippen LogP contribution in [0.5, 0.6) is 0 Å². The maximum absolute atomic E-state index is 13.3. The number of piperazine rings is 1. The van der Waals surface area contributed by atoms with Gasteiger partial charge < -0.3 is 25.8 Å². The van der Waals surface area contributed by atoms with Crippen molar-refractivity contribution in [2.45, 2.75) is 6.92 Å². The second-order valence-electron chi connectivity index (χ2n) is 11.1. The highest BCUT2D eigenvalue weighted by Crippen LogP contribution is 2.40. The van der Waals surface area contributed by atoms with Gasteiger partial charge in [-0.2, -0.15) is 0 Å². The molecule has 0 atom stereocenters. The molecular formula is C34H31N7O2. The summed E-state index contributed by atoms with van der Waals surface area (Å²) in [5.41, 5.74) is 13.0. The summed E-state index contributed by atoms with van der Waals surface area (Å²) in [6, 6.07) is 23.4. The van der Waals surface area contributed by atoms with Gasteiger partial charge in [-0.15, -0.1) is 0 Å². The molecule has 9 nitrogen and oxygen atoms in total. The average molecular weight is 570 g/mol. The molecule has 9 heteroatoms. The number of aromatic amines is 1. The van der Waals surface area contributed by atoms with Crippen molar-refractivity contribution in [1.29, 1.82) is 0 Å². The molecule has 43 heavy (non-hydrogen) atoms. The third-order valence-electron chi connectivity index (χ3n) is 8.48. The predicted molar refractivity (Wildman–Crippen MR) is 171 cm³/mol. The molecule has 7 rings (SSSR count).